The van der Waals surface area contributed by atoms with E-state index in [0.717, 1.165) is 28.8 Å². The molecule has 2 amide bonds. The minimum atomic E-state index is -0.312. The topological polar surface area (TPSA) is 75.3 Å². The van der Waals surface area contributed by atoms with E-state index in [1.54, 1.807) is 0 Å². The van der Waals surface area contributed by atoms with Crippen LogP contribution in [-0.2, 0) is 16.0 Å². The van der Waals surface area contributed by atoms with Crippen molar-refractivity contribution in [2.75, 3.05) is 11.9 Å². The van der Waals surface area contributed by atoms with Gasteiger partial charge in [-0.3, -0.25) is 14.4 Å². The number of rotatable bonds is 8. The van der Waals surface area contributed by atoms with Gasteiger partial charge in [-0.2, -0.15) is 0 Å². The zero-order valence-electron chi connectivity index (χ0n) is 16.1. The highest BCUT2D eigenvalue weighted by Gasteiger charge is 2.13. The van der Waals surface area contributed by atoms with E-state index >= 15 is 0 Å². The first kappa shape index (κ1) is 20.4. The van der Waals surface area contributed by atoms with Gasteiger partial charge in [-0.25, -0.2) is 0 Å². The molecule has 0 aliphatic carbocycles. The van der Waals surface area contributed by atoms with Crippen LogP contribution in [0.25, 0.3) is 0 Å². The predicted molar refractivity (Wildman–Crippen MR) is 107 cm³/mol. The molecule has 0 radical (unpaired) electrons. The second-order valence-corrected chi connectivity index (χ2v) is 6.58. The monoisotopic (exact) mass is 366 g/mol. The summed E-state index contributed by atoms with van der Waals surface area (Å²) >= 11 is 0. The SMILES string of the molecule is CCc1ccccc1NC(=O)CNC(=O)CCC(=O)c1cc(C)ccc1C. The smallest absolute Gasteiger partial charge is 0.243 e. The first-order valence-corrected chi connectivity index (χ1v) is 9.15. The minimum absolute atomic E-state index is 0.0606. The van der Waals surface area contributed by atoms with Crippen molar-refractivity contribution < 1.29 is 14.4 Å². The maximum atomic E-state index is 12.3. The number of aryl methyl sites for hydroxylation is 3. The number of hydrogen-bond donors (Lipinski definition) is 2. The molecule has 0 fully saturated rings. The number of anilines is 1. The Labute approximate surface area is 160 Å². The van der Waals surface area contributed by atoms with Crippen LogP contribution in [0.4, 0.5) is 5.69 Å². The Hall–Kier alpha value is -2.95. The number of benzene rings is 2. The second-order valence-electron chi connectivity index (χ2n) is 6.58. The summed E-state index contributed by atoms with van der Waals surface area (Å²) in [6, 6.07) is 13.3. The quantitative estimate of drug-likeness (QED) is 0.701. The molecule has 0 atom stereocenters. The van der Waals surface area contributed by atoms with Crippen LogP contribution in [0.5, 0.6) is 0 Å². The molecule has 0 unspecified atom stereocenters. The molecule has 0 saturated carbocycles. The first-order valence-electron chi connectivity index (χ1n) is 9.15. The van der Waals surface area contributed by atoms with E-state index in [1.165, 1.54) is 0 Å². The molecule has 2 aromatic rings. The minimum Gasteiger partial charge on any atom is -0.347 e. The highest BCUT2D eigenvalue weighted by Crippen LogP contribution is 2.15. The molecule has 2 rings (SSSR count). The van der Waals surface area contributed by atoms with Gasteiger partial charge in [0.15, 0.2) is 5.78 Å². The van der Waals surface area contributed by atoms with Crippen LogP contribution < -0.4 is 10.6 Å². The standard InChI is InChI=1S/C22H26N2O3/c1-4-17-7-5-6-8-19(17)24-22(27)14-23-21(26)12-11-20(25)18-13-15(2)9-10-16(18)3/h5-10,13H,4,11-12,14H2,1-3H3,(H,23,26)(H,24,27). The summed E-state index contributed by atoms with van der Waals surface area (Å²) in [6.07, 6.45) is 0.991. The summed E-state index contributed by atoms with van der Waals surface area (Å²) in [7, 11) is 0. The van der Waals surface area contributed by atoms with Gasteiger partial charge in [-0.15, -0.1) is 0 Å². The van der Waals surface area contributed by atoms with Crippen molar-refractivity contribution in [3.8, 4) is 0 Å². The zero-order valence-corrected chi connectivity index (χ0v) is 16.1. The second kappa shape index (κ2) is 9.67. The molecule has 5 heteroatoms. The average molecular weight is 366 g/mol. The summed E-state index contributed by atoms with van der Waals surface area (Å²) < 4.78 is 0. The summed E-state index contributed by atoms with van der Waals surface area (Å²) in [5.41, 5.74) is 4.36. The molecule has 2 aromatic carbocycles. The lowest BCUT2D eigenvalue weighted by atomic mass is 9.99. The molecule has 2 N–H and O–H groups in total. The molecule has 0 aliphatic rings. The molecule has 0 bridgehead atoms. The Bertz CT molecular complexity index is 843. The Morgan fingerprint density at radius 1 is 0.926 bits per heavy atom. The Morgan fingerprint density at radius 3 is 2.41 bits per heavy atom. The Kier molecular flexibility index (Phi) is 7.29. The molecule has 5 nitrogen and oxygen atoms in total. The van der Waals surface area contributed by atoms with Crippen LogP contribution in [0, 0.1) is 13.8 Å². The van der Waals surface area contributed by atoms with E-state index in [1.807, 2.05) is 63.2 Å². The number of carbonyl (C=O) groups excluding carboxylic acids is 3. The number of Topliss-reactive ketones (excluding diaryl/α,β-unsaturated/α-hetero) is 1. The van der Waals surface area contributed by atoms with E-state index in [0.29, 0.717) is 5.56 Å². The van der Waals surface area contributed by atoms with Gasteiger partial charge >= 0.3 is 0 Å². The van der Waals surface area contributed by atoms with Crippen LogP contribution in [0.2, 0.25) is 0 Å². The number of amides is 2. The number of carbonyl (C=O) groups is 3. The van der Waals surface area contributed by atoms with Crippen molar-refractivity contribution in [3.63, 3.8) is 0 Å². The number of ketones is 1. The van der Waals surface area contributed by atoms with Gasteiger partial charge in [0, 0.05) is 24.1 Å². The van der Waals surface area contributed by atoms with Gasteiger partial charge in [0.2, 0.25) is 11.8 Å². The van der Waals surface area contributed by atoms with Gasteiger partial charge in [-0.1, -0.05) is 42.8 Å². The lowest BCUT2D eigenvalue weighted by molar-refractivity contribution is -0.124. The summed E-state index contributed by atoms with van der Waals surface area (Å²) in [4.78, 5) is 36.3. The van der Waals surface area contributed by atoms with Crippen molar-refractivity contribution in [1.82, 2.24) is 5.32 Å². The maximum absolute atomic E-state index is 12.3. The molecular weight excluding hydrogens is 340 g/mol. The fourth-order valence-corrected chi connectivity index (χ4v) is 2.81. The van der Waals surface area contributed by atoms with Crippen LogP contribution in [-0.4, -0.2) is 24.1 Å². The van der Waals surface area contributed by atoms with E-state index < -0.39 is 0 Å². The number of para-hydroxylation sites is 1. The molecule has 0 saturated heterocycles. The van der Waals surface area contributed by atoms with Crippen molar-refractivity contribution in [2.45, 2.75) is 40.0 Å². The third-order valence-corrected chi connectivity index (χ3v) is 4.39. The third kappa shape index (κ3) is 6.06. The fraction of sp³-hybridized carbons (Fsp3) is 0.318. The molecule has 142 valence electrons. The highest BCUT2D eigenvalue weighted by atomic mass is 16.2. The van der Waals surface area contributed by atoms with Crippen LogP contribution in [0.3, 0.4) is 0 Å². The molecule has 27 heavy (non-hydrogen) atoms. The molecule has 0 spiro atoms. The molecule has 0 aliphatic heterocycles. The van der Waals surface area contributed by atoms with E-state index in [-0.39, 0.29) is 37.0 Å². The first-order chi connectivity index (χ1) is 12.9. The van der Waals surface area contributed by atoms with Gasteiger partial charge in [0.1, 0.15) is 0 Å². The fourth-order valence-electron chi connectivity index (χ4n) is 2.81. The van der Waals surface area contributed by atoms with Crippen molar-refractivity contribution >= 4 is 23.3 Å². The van der Waals surface area contributed by atoms with Crippen molar-refractivity contribution in [3.05, 3.63) is 64.7 Å². The predicted octanol–water partition coefficient (Wildman–Crippen LogP) is 3.58. The molecular formula is C22H26N2O3. The zero-order chi connectivity index (χ0) is 19.8. The van der Waals surface area contributed by atoms with Gasteiger partial charge < -0.3 is 10.6 Å². The van der Waals surface area contributed by atoms with Gasteiger partial charge in [0.05, 0.1) is 6.54 Å². The lowest BCUT2D eigenvalue weighted by Crippen LogP contribution is -2.33. The average Bonchev–Trinajstić information content (AvgIpc) is 2.66. The van der Waals surface area contributed by atoms with E-state index in [2.05, 4.69) is 10.6 Å². The third-order valence-electron chi connectivity index (χ3n) is 4.39. The maximum Gasteiger partial charge on any atom is 0.243 e. The number of nitrogens with one attached hydrogen (secondary N) is 2. The Balaban J connectivity index is 1.79. The summed E-state index contributed by atoms with van der Waals surface area (Å²) in [5, 5.41) is 5.37. The van der Waals surface area contributed by atoms with Crippen LogP contribution >= 0.6 is 0 Å². The highest BCUT2D eigenvalue weighted by molar-refractivity contribution is 6.00. The van der Waals surface area contributed by atoms with Gasteiger partial charge in [0.25, 0.3) is 0 Å². The van der Waals surface area contributed by atoms with E-state index in [9.17, 15) is 14.4 Å². The molecule has 0 aromatic heterocycles. The summed E-state index contributed by atoms with van der Waals surface area (Å²) in [5.74, 6) is -0.662. The largest absolute Gasteiger partial charge is 0.347 e. The lowest BCUT2D eigenvalue weighted by Gasteiger charge is -2.10. The number of hydrogen-bond acceptors (Lipinski definition) is 3. The normalized spacial score (nSPS) is 10.3. The van der Waals surface area contributed by atoms with Gasteiger partial charge in [-0.05, 0) is 43.5 Å². The van der Waals surface area contributed by atoms with E-state index in [4.69, 9.17) is 0 Å². The molecule has 0 heterocycles. The summed E-state index contributed by atoms with van der Waals surface area (Å²) in [6.45, 7) is 5.71. The van der Waals surface area contributed by atoms with Crippen molar-refractivity contribution in [2.24, 2.45) is 0 Å². The Morgan fingerprint density at radius 2 is 1.67 bits per heavy atom. The van der Waals surface area contributed by atoms with Crippen molar-refractivity contribution in [1.29, 1.82) is 0 Å². The van der Waals surface area contributed by atoms with Crippen LogP contribution in [0.15, 0.2) is 42.5 Å². The van der Waals surface area contributed by atoms with Crippen LogP contribution in [0.1, 0.15) is 46.8 Å².